The molecule has 1 atom stereocenters. The second-order valence-corrected chi connectivity index (χ2v) is 7.60. The van der Waals surface area contributed by atoms with Crippen LogP contribution in [0.15, 0.2) is 36.5 Å². The van der Waals surface area contributed by atoms with Crippen molar-refractivity contribution in [2.45, 2.75) is 26.3 Å². The Balaban J connectivity index is 2.02. The fourth-order valence-corrected chi connectivity index (χ4v) is 4.17. The summed E-state index contributed by atoms with van der Waals surface area (Å²) in [4.78, 5) is 9.42. The molecule has 4 rings (SSSR count). The van der Waals surface area contributed by atoms with Crippen LogP contribution in [-0.2, 0) is 0 Å². The second kappa shape index (κ2) is 6.71. The number of benzene rings is 1. The number of fused-ring (bicyclic) bond motifs is 1. The zero-order valence-electron chi connectivity index (χ0n) is 16.4. The number of imidazole rings is 1. The minimum Gasteiger partial charge on any atom is -0.356 e. The van der Waals surface area contributed by atoms with Crippen molar-refractivity contribution in [1.82, 2.24) is 14.3 Å². The van der Waals surface area contributed by atoms with Crippen molar-refractivity contribution in [2.75, 3.05) is 32.1 Å². The zero-order valence-corrected chi connectivity index (χ0v) is 16.4. The first-order valence-electron chi connectivity index (χ1n) is 9.40. The summed E-state index contributed by atoms with van der Waals surface area (Å²) in [5.74, 6) is 1.15. The van der Waals surface area contributed by atoms with E-state index in [1.165, 1.54) is 0 Å². The van der Waals surface area contributed by atoms with Crippen LogP contribution in [0.2, 0.25) is 0 Å². The van der Waals surface area contributed by atoms with Crippen LogP contribution in [0.25, 0.3) is 16.8 Å². The van der Waals surface area contributed by atoms with Crippen LogP contribution in [0.5, 0.6) is 0 Å². The number of hydrogen-bond donors (Lipinski definition) is 0. The van der Waals surface area contributed by atoms with Crippen LogP contribution in [0.3, 0.4) is 0 Å². The Morgan fingerprint density at radius 2 is 1.93 bits per heavy atom. The Morgan fingerprint density at radius 1 is 1.19 bits per heavy atom. The topological polar surface area (TPSA) is 47.6 Å². The molecular formula is C22H25N5. The monoisotopic (exact) mass is 359 g/mol. The number of aromatic nitrogens is 2. The summed E-state index contributed by atoms with van der Waals surface area (Å²) in [6.07, 6.45) is 3.19. The lowest BCUT2D eigenvalue weighted by molar-refractivity contribution is 0.315. The molecule has 5 heteroatoms. The number of likely N-dealkylation sites (N-methyl/N-ethyl adjacent to an activating group) is 1. The summed E-state index contributed by atoms with van der Waals surface area (Å²) in [5, 5.41) is 9.84. The Labute approximate surface area is 160 Å². The van der Waals surface area contributed by atoms with E-state index in [-0.39, 0.29) is 0 Å². The van der Waals surface area contributed by atoms with Crippen molar-refractivity contribution < 1.29 is 0 Å². The molecule has 1 fully saturated rings. The normalized spacial score (nSPS) is 17.0. The van der Waals surface area contributed by atoms with Gasteiger partial charge in [0, 0.05) is 30.9 Å². The molecule has 27 heavy (non-hydrogen) atoms. The fourth-order valence-electron chi connectivity index (χ4n) is 4.17. The highest BCUT2D eigenvalue weighted by Crippen LogP contribution is 2.39. The number of nitrogens with zero attached hydrogens (tertiary/aromatic N) is 5. The first kappa shape index (κ1) is 17.6. The van der Waals surface area contributed by atoms with Gasteiger partial charge in [-0.2, -0.15) is 5.26 Å². The zero-order chi connectivity index (χ0) is 19.1. The largest absolute Gasteiger partial charge is 0.356 e. The lowest BCUT2D eigenvalue weighted by Crippen LogP contribution is -2.32. The molecule has 0 N–H and O–H groups in total. The molecular weight excluding hydrogens is 334 g/mol. The molecule has 0 radical (unpaired) electrons. The maximum Gasteiger partial charge on any atom is 0.156 e. The van der Waals surface area contributed by atoms with Crippen molar-refractivity contribution in [3.63, 3.8) is 0 Å². The van der Waals surface area contributed by atoms with Crippen molar-refractivity contribution in [3.8, 4) is 17.2 Å². The van der Waals surface area contributed by atoms with Crippen LogP contribution in [-0.4, -0.2) is 47.5 Å². The van der Waals surface area contributed by atoms with Crippen molar-refractivity contribution in [2.24, 2.45) is 0 Å². The number of nitriles is 1. The highest BCUT2D eigenvalue weighted by molar-refractivity contribution is 5.85. The van der Waals surface area contributed by atoms with Gasteiger partial charge in [0.2, 0.25) is 0 Å². The summed E-state index contributed by atoms with van der Waals surface area (Å²) in [6.45, 7) is 6.01. The first-order chi connectivity index (χ1) is 13.0. The molecule has 0 unspecified atom stereocenters. The number of pyridine rings is 1. The molecule has 0 aliphatic carbocycles. The number of anilines is 1. The van der Waals surface area contributed by atoms with Gasteiger partial charge in [0.25, 0.3) is 0 Å². The summed E-state index contributed by atoms with van der Waals surface area (Å²) < 4.78 is 2.13. The lowest BCUT2D eigenvalue weighted by Gasteiger charge is -2.27. The van der Waals surface area contributed by atoms with Gasteiger partial charge in [-0.1, -0.05) is 30.3 Å². The highest BCUT2D eigenvalue weighted by atomic mass is 15.3. The van der Waals surface area contributed by atoms with Gasteiger partial charge < -0.3 is 9.80 Å². The molecule has 1 aliphatic rings. The van der Waals surface area contributed by atoms with Crippen LogP contribution in [0.1, 0.15) is 23.2 Å². The van der Waals surface area contributed by atoms with Crippen LogP contribution in [0, 0.1) is 25.2 Å². The van der Waals surface area contributed by atoms with Crippen LogP contribution < -0.4 is 4.90 Å². The average Bonchev–Trinajstić information content (AvgIpc) is 3.28. The fraction of sp³-hybridized carbons (Fsp3) is 0.364. The molecule has 2 aromatic heterocycles. The van der Waals surface area contributed by atoms with E-state index in [2.05, 4.69) is 69.8 Å². The van der Waals surface area contributed by atoms with Crippen molar-refractivity contribution in [1.29, 1.82) is 5.26 Å². The summed E-state index contributed by atoms with van der Waals surface area (Å²) in [6, 6.07) is 13.3. The molecule has 1 aromatic carbocycles. The maximum absolute atomic E-state index is 9.84. The van der Waals surface area contributed by atoms with Crippen LogP contribution >= 0.6 is 0 Å². The molecule has 1 aliphatic heterocycles. The predicted octanol–water partition coefficient (Wildman–Crippen LogP) is 3.63. The third-order valence-electron chi connectivity index (χ3n) is 5.62. The second-order valence-electron chi connectivity index (χ2n) is 7.60. The Bertz CT molecular complexity index is 1030. The van der Waals surface area contributed by atoms with E-state index in [9.17, 15) is 5.26 Å². The highest BCUT2D eigenvalue weighted by Gasteiger charge is 2.30. The third-order valence-corrected chi connectivity index (χ3v) is 5.62. The quantitative estimate of drug-likeness (QED) is 0.716. The number of aryl methyl sites for hydroxylation is 1. The van der Waals surface area contributed by atoms with Gasteiger partial charge in [0.1, 0.15) is 11.9 Å². The van der Waals surface area contributed by atoms with Crippen LogP contribution in [0.4, 0.5) is 5.82 Å². The molecule has 3 aromatic rings. The lowest BCUT2D eigenvalue weighted by atomic mass is 9.97. The molecule has 0 bridgehead atoms. The smallest absolute Gasteiger partial charge is 0.156 e. The number of hydrogen-bond acceptors (Lipinski definition) is 4. The number of rotatable bonds is 3. The predicted molar refractivity (Wildman–Crippen MR) is 109 cm³/mol. The Morgan fingerprint density at radius 3 is 2.56 bits per heavy atom. The standard InChI is InChI=1S/C22H25N5/c1-15-13-27-21(24-15)19(12-23)16(2)20(17-8-6-5-7-9-17)22(27)26-11-10-18(14-26)25(3)4/h5-9,13,18H,10-11,14H2,1-4H3/t18-/m0/s1. The SMILES string of the molecule is Cc1cn2c(N3CC[C@H](N(C)C)C3)c(-c3ccccc3)c(C)c(C#N)c2n1. The first-order valence-corrected chi connectivity index (χ1v) is 9.40. The van der Waals surface area contributed by atoms with Crippen molar-refractivity contribution >= 4 is 11.5 Å². The molecule has 138 valence electrons. The Hall–Kier alpha value is -2.84. The Kier molecular flexibility index (Phi) is 4.37. The summed E-state index contributed by atoms with van der Waals surface area (Å²) in [5.41, 5.74) is 5.63. The third kappa shape index (κ3) is 2.87. The van der Waals surface area contributed by atoms with E-state index in [4.69, 9.17) is 0 Å². The molecule has 1 saturated heterocycles. The molecule has 0 spiro atoms. The van der Waals surface area contributed by atoms with E-state index in [1.54, 1.807) is 0 Å². The average molecular weight is 359 g/mol. The molecule has 3 heterocycles. The van der Waals surface area contributed by atoms with Gasteiger partial charge in [-0.05, 0) is 45.5 Å². The van der Waals surface area contributed by atoms with E-state index in [1.807, 2.05) is 19.9 Å². The van der Waals surface area contributed by atoms with Gasteiger partial charge >= 0.3 is 0 Å². The molecule has 0 amide bonds. The summed E-state index contributed by atoms with van der Waals surface area (Å²) in [7, 11) is 4.29. The van der Waals surface area contributed by atoms with Gasteiger partial charge in [-0.25, -0.2) is 4.98 Å². The minimum atomic E-state index is 0.532. The van der Waals surface area contributed by atoms with Crippen molar-refractivity contribution in [3.05, 3.63) is 53.3 Å². The van der Waals surface area contributed by atoms with Gasteiger partial charge in [-0.15, -0.1) is 0 Å². The van der Waals surface area contributed by atoms with Gasteiger partial charge in [-0.3, -0.25) is 4.40 Å². The maximum atomic E-state index is 9.84. The van der Waals surface area contributed by atoms with E-state index in [0.29, 0.717) is 11.6 Å². The van der Waals surface area contributed by atoms with Gasteiger partial charge in [0.05, 0.1) is 11.3 Å². The summed E-state index contributed by atoms with van der Waals surface area (Å²) >= 11 is 0. The minimum absolute atomic E-state index is 0.532. The molecule has 5 nitrogen and oxygen atoms in total. The van der Waals surface area contributed by atoms with E-state index >= 15 is 0 Å². The van der Waals surface area contributed by atoms with E-state index < -0.39 is 0 Å². The molecule has 0 saturated carbocycles. The van der Waals surface area contributed by atoms with E-state index in [0.717, 1.165) is 53.4 Å². The van der Waals surface area contributed by atoms with Gasteiger partial charge in [0.15, 0.2) is 5.65 Å².